The largest absolute Gasteiger partial charge is 0.460 e. The number of thiazole rings is 1. The first-order valence-electron chi connectivity index (χ1n) is 13.6. The van der Waals surface area contributed by atoms with Crippen molar-refractivity contribution in [1.82, 2.24) is 15.2 Å². The van der Waals surface area contributed by atoms with Crippen molar-refractivity contribution in [2.24, 2.45) is 11.3 Å². The molecule has 2 aliphatic rings. The zero-order valence-electron chi connectivity index (χ0n) is 23.2. The summed E-state index contributed by atoms with van der Waals surface area (Å²) in [5.74, 6) is 0.969. The number of hydrogen-bond donors (Lipinski definition) is 1. The number of ether oxygens (including phenoxy) is 1. The molecule has 2 aliphatic carbocycles. The van der Waals surface area contributed by atoms with Gasteiger partial charge in [-0.25, -0.2) is 4.98 Å². The standard InChI is InChI=1S/C31H39N3O3S/c1-30(2,3)37-28(35)17-31(15-22-8-6-7-9-23(22)16-31)29(36)32-18-27-33-25-11-10-21(14-26(25)38-27)24-12-20(13-24)19-34(4)5/h6-11,14,20,24H,12-13,15-19H2,1-5H3,(H,32,36). The highest BCUT2D eigenvalue weighted by atomic mass is 32.1. The highest BCUT2D eigenvalue weighted by Gasteiger charge is 2.46. The van der Waals surface area contributed by atoms with Crippen LogP contribution in [0.15, 0.2) is 42.5 Å². The van der Waals surface area contributed by atoms with Gasteiger partial charge in [0.2, 0.25) is 5.91 Å². The average molecular weight is 534 g/mol. The van der Waals surface area contributed by atoms with Gasteiger partial charge in [0.15, 0.2) is 0 Å². The summed E-state index contributed by atoms with van der Waals surface area (Å²) in [6.07, 6.45) is 3.62. The summed E-state index contributed by atoms with van der Waals surface area (Å²) in [5.41, 5.74) is 3.19. The molecule has 38 heavy (non-hydrogen) atoms. The zero-order valence-corrected chi connectivity index (χ0v) is 24.0. The Hall–Kier alpha value is -2.77. The first-order valence-corrected chi connectivity index (χ1v) is 14.4. The van der Waals surface area contributed by atoms with Crippen molar-refractivity contribution in [1.29, 1.82) is 0 Å². The van der Waals surface area contributed by atoms with Crippen molar-refractivity contribution in [3.8, 4) is 0 Å². The summed E-state index contributed by atoms with van der Waals surface area (Å²) >= 11 is 1.64. The smallest absolute Gasteiger partial charge is 0.307 e. The number of carbonyl (C=O) groups excluding carboxylic acids is 2. The van der Waals surface area contributed by atoms with E-state index in [1.807, 2.05) is 32.9 Å². The number of carbonyl (C=O) groups is 2. The maximum absolute atomic E-state index is 13.7. The third-order valence-electron chi connectivity index (χ3n) is 7.75. The number of rotatable bonds is 8. The van der Waals surface area contributed by atoms with Crippen LogP contribution in [-0.2, 0) is 33.7 Å². The van der Waals surface area contributed by atoms with E-state index in [0.29, 0.717) is 25.3 Å². The molecule has 0 spiro atoms. The molecule has 3 aromatic rings. The molecule has 1 heterocycles. The molecule has 0 aliphatic heterocycles. The molecular formula is C31H39N3O3S. The average Bonchev–Trinajstić information content (AvgIpc) is 3.38. The van der Waals surface area contributed by atoms with E-state index in [-0.39, 0.29) is 18.3 Å². The van der Waals surface area contributed by atoms with Crippen LogP contribution >= 0.6 is 11.3 Å². The van der Waals surface area contributed by atoms with E-state index >= 15 is 0 Å². The topological polar surface area (TPSA) is 71.5 Å². The summed E-state index contributed by atoms with van der Waals surface area (Å²) in [7, 11) is 4.28. The quantitative estimate of drug-likeness (QED) is 0.388. The van der Waals surface area contributed by atoms with Gasteiger partial charge < -0.3 is 15.0 Å². The monoisotopic (exact) mass is 533 g/mol. The van der Waals surface area contributed by atoms with Gasteiger partial charge in [0.05, 0.1) is 28.6 Å². The summed E-state index contributed by atoms with van der Waals surface area (Å²) in [6.45, 7) is 7.07. The van der Waals surface area contributed by atoms with Crippen molar-refractivity contribution in [2.45, 2.75) is 70.9 Å². The van der Waals surface area contributed by atoms with Crippen LogP contribution in [0.25, 0.3) is 10.2 Å². The first-order chi connectivity index (χ1) is 18.0. The number of hydrogen-bond acceptors (Lipinski definition) is 6. The SMILES string of the molecule is CN(C)CC1CC(c2ccc3nc(CNC(=O)C4(CC(=O)OC(C)(C)C)Cc5ccccc5C4)sc3c2)C1. The second kappa shape index (κ2) is 10.4. The number of aromatic nitrogens is 1. The molecule has 1 fully saturated rings. The number of benzene rings is 2. The molecule has 0 saturated heterocycles. The first kappa shape index (κ1) is 26.8. The van der Waals surface area contributed by atoms with Crippen molar-refractivity contribution < 1.29 is 14.3 Å². The minimum Gasteiger partial charge on any atom is -0.460 e. The lowest BCUT2D eigenvalue weighted by Gasteiger charge is -2.37. The van der Waals surface area contributed by atoms with Gasteiger partial charge in [0.1, 0.15) is 10.6 Å². The molecule has 2 aromatic carbocycles. The number of fused-ring (bicyclic) bond motifs is 2. The normalized spacial score (nSPS) is 20.3. The fraction of sp³-hybridized carbons (Fsp3) is 0.516. The van der Waals surface area contributed by atoms with Crippen LogP contribution < -0.4 is 5.32 Å². The highest BCUT2D eigenvalue weighted by Crippen LogP contribution is 2.43. The molecule has 0 radical (unpaired) electrons. The summed E-state index contributed by atoms with van der Waals surface area (Å²) in [4.78, 5) is 33.6. The van der Waals surface area contributed by atoms with Gasteiger partial charge in [-0.1, -0.05) is 30.3 Å². The van der Waals surface area contributed by atoms with Gasteiger partial charge in [-0.05, 0) is 101 Å². The molecule has 1 amide bonds. The van der Waals surface area contributed by atoms with Crippen molar-refractivity contribution in [2.75, 3.05) is 20.6 Å². The Morgan fingerprint density at radius 2 is 1.79 bits per heavy atom. The fourth-order valence-corrected chi connectivity index (χ4v) is 7.00. The minimum atomic E-state index is -0.844. The molecule has 0 unspecified atom stereocenters. The molecule has 7 heteroatoms. The molecule has 1 N–H and O–H groups in total. The summed E-state index contributed by atoms with van der Waals surface area (Å²) < 4.78 is 6.78. The van der Waals surface area contributed by atoms with Crippen molar-refractivity contribution in [3.63, 3.8) is 0 Å². The summed E-state index contributed by atoms with van der Waals surface area (Å²) in [6, 6.07) is 14.7. The van der Waals surface area contributed by atoms with Crippen LogP contribution in [0, 0.1) is 11.3 Å². The van der Waals surface area contributed by atoms with Crippen LogP contribution in [0.1, 0.15) is 67.6 Å². The molecule has 0 atom stereocenters. The Labute approximate surface area is 229 Å². The van der Waals surface area contributed by atoms with E-state index in [1.165, 1.54) is 23.1 Å². The number of amides is 1. The van der Waals surface area contributed by atoms with Crippen LogP contribution in [-0.4, -0.2) is 48.0 Å². The lowest BCUT2D eigenvalue weighted by molar-refractivity contribution is -0.160. The third-order valence-corrected chi connectivity index (χ3v) is 8.77. The van der Waals surface area contributed by atoms with Gasteiger partial charge in [0.25, 0.3) is 0 Å². The molecular weight excluding hydrogens is 494 g/mol. The second-order valence-corrected chi connectivity index (χ2v) is 13.6. The van der Waals surface area contributed by atoms with Crippen LogP contribution in [0.3, 0.4) is 0 Å². The lowest BCUT2D eigenvalue weighted by Crippen LogP contribution is -2.44. The fourth-order valence-electron chi connectivity index (χ4n) is 6.05. The molecule has 1 saturated carbocycles. The number of nitrogens with one attached hydrogen (secondary N) is 1. The Kier molecular flexibility index (Phi) is 7.35. The Morgan fingerprint density at radius 1 is 1.11 bits per heavy atom. The number of nitrogens with zero attached hydrogens (tertiary/aromatic N) is 2. The van der Waals surface area contributed by atoms with Gasteiger partial charge in [0, 0.05) is 6.54 Å². The summed E-state index contributed by atoms with van der Waals surface area (Å²) in [5, 5.41) is 4.01. The molecule has 6 nitrogen and oxygen atoms in total. The van der Waals surface area contributed by atoms with Crippen molar-refractivity contribution >= 4 is 33.4 Å². The van der Waals surface area contributed by atoms with E-state index in [1.54, 1.807) is 11.3 Å². The van der Waals surface area contributed by atoms with Crippen LogP contribution in [0.5, 0.6) is 0 Å². The Bertz CT molecular complexity index is 1310. The molecule has 202 valence electrons. The van der Waals surface area contributed by atoms with E-state index in [4.69, 9.17) is 9.72 Å². The maximum Gasteiger partial charge on any atom is 0.307 e. The third kappa shape index (κ3) is 5.94. The molecule has 0 bridgehead atoms. The predicted octanol–water partition coefficient (Wildman–Crippen LogP) is 5.48. The van der Waals surface area contributed by atoms with Gasteiger partial charge in [-0.3, -0.25) is 9.59 Å². The van der Waals surface area contributed by atoms with E-state index in [2.05, 4.69) is 54.6 Å². The van der Waals surface area contributed by atoms with E-state index in [0.717, 1.165) is 34.1 Å². The highest BCUT2D eigenvalue weighted by molar-refractivity contribution is 7.18. The van der Waals surface area contributed by atoms with E-state index < -0.39 is 11.0 Å². The lowest BCUT2D eigenvalue weighted by atomic mass is 9.71. The van der Waals surface area contributed by atoms with E-state index in [9.17, 15) is 9.59 Å². The number of esters is 1. The molecule has 5 rings (SSSR count). The predicted molar refractivity (Wildman–Crippen MR) is 152 cm³/mol. The van der Waals surface area contributed by atoms with Crippen molar-refractivity contribution in [3.05, 3.63) is 64.2 Å². The molecule has 1 aromatic heterocycles. The minimum absolute atomic E-state index is 0.0597. The van der Waals surface area contributed by atoms with Crippen LogP contribution in [0.4, 0.5) is 0 Å². The van der Waals surface area contributed by atoms with Gasteiger partial charge in [-0.2, -0.15) is 0 Å². The Morgan fingerprint density at radius 3 is 2.42 bits per heavy atom. The second-order valence-electron chi connectivity index (χ2n) is 12.5. The van der Waals surface area contributed by atoms with Gasteiger partial charge in [-0.15, -0.1) is 11.3 Å². The maximum atomic E-state index is 13.7. The Balaban J connectivity index is 1.26. The van der Waals surface area contributed by atoms with Gasteiger partial charge >= 0.3 is 5.97 Å². The zero-order chi connectivity index (χ0) is 27.1. The van der Waals surface area contributed by atoms with Crippen LogP contribution in [0.2, 0.25) is 0 Å².